The minimum atomic E-state index is -0.874. The maximum atomic E-state index is 12.9. The van der Waals surface area contributed by atoms with Crippen LogP contribution >= 0.6 is 34.8 Å². The van der Waals surface area contributed by atoms with Crippen LogP contribution in [0.15, 0.2) is 66.7 Å². The predicted molar refractivity (Wildman–Crippen MR) is 153 cm³/mol. The maximum absolute atomic E-state index is 12.9. The zero-order chi connectivity index (χ0) is 34.3. The lowest BCUT2D eigenvalue weighted by molar-refractivity contribution is -0.133. The molecule has 0 bridgehead atoms. The van der Waals surface area contributed by atoms with Crippen molar-refractivity contribution >= 4 is 52.7 Å². The van der Waals surface area contributed by atoms with Crippen molar-refractivity contribution in [1.82, 2.24) is 0 Å². The lowest BCUT2D eigenvalue weighted by Gasteiger charge is -2.04. The second kappa shape index (κ2) is 19.2. The molecule has 0 fully saturated rings. The number of hydrogen-bond acceptors (Lipinski definition) is 6. The first-order valence-electron chi connectivity index (χ1n) is 11.9. The third-order valence-corrected chi connectivity index (χ3v) is 5.24. The van der Waals surface area contributed by atoms with Gasteiger partial charge in [-0.05, 0) is 60.7 Å². The van der Waals surface area contributed by atoms with E-state index in [9.17, 15) is 40.7 Å². The van der Waals surface area contributed by atoms with Crippen LogP contribution in [0.2, 0.25) is 15.1 Å². The molecule has 4 aromatic rings. The quantitative estimate of drug-likeness (QED) is 0.0921. The first-order valence-corrected chi connectivity index (χ1v) is 13.1. The molecule has 0 aromatic heterocycles. The summed E-state index contributed by atoms with van der Waals surface area (Å²) in [6.45, 7) is 3.55. The topological polar surface area (TPSA) is 78.9 Å². The number of carbonyl (C=O) groups excluding carboxylic acids is 3. The van der Waals surface area contributed by atoms with Gasteiger partial charge in [0, 0.05) is 20.8 Å². The van der Waals surface area contributed by atoms with Gasteiger partial charge in [0.25, 0.3) is 0 Å². The summed E-state index contributed by atoms with van der Waals surface area (Å²) in [6, 6.07) is 15.0. The molecule has 0 aliphatic rings. The Morgan fingerprint density at radius 3 is 1.58 bits per heavy atom. The number of rotatable bonds is 3. The Bertz CT molecular complexity index is 1600. The van der Waals surface area contributed by atoms with Gasteiger partial charge in [0.2, 0.25) is 0 Å². The molecular weight excluding hydrogens is 677 g/mol. The van der Waals surface area contributed by atoms with Gasteiger partial charge in [-0.25, -0.2) is 26.3 Å². The van der Waals surface area contributed by atoms with Crippen molar-refractivity contribution in [2.45, 2.75) is 20.8 Å². The zero-order valence-electron chi connectivity index (χ0n) is 23.2. The molecule has 15 heteroatoms. The van der Waals surface area contributed by atoms with E-state index in [1.165, 1.54) is 56.3 Å². The number of carbonyl (C=O) groups is 3. The molecule has 0 saturated heterocycles. The summed E-state index contributed by atoms with van der Waals surface area (Å²) in [5.41, 5.74) is 0. The van der Waals surface area contributed by atoms with Crippen LogP contribution in [0.4, 0.5) is 26.3 Å². The van der Waals surface area contributed by atoms with Crippen LogP contribution in [0.1, 0.15) is 20.8 Å². The van der Waals surface area contributed by atoms with Crippen molar-refractivity contribution in [2.75, 3.05) is 0 Å². The van der Waals surface area contributed by atoms with Crippen molar-refractivity contribution in [3.05, 3.63) is 123 Å². The summed E-state index contributed by atoms with van der Waals surface area (Å²) >= 11 is 16.1. The zero-order valence-corrected chi connectivity index (χ0v) is 25.5. The van der Waals surface area contributed by atoms with Gasteiger partial charge in [-0.2, -0.15) is 0 Å². The molecule has 0 aliphatic carbocycles. The molecule has 0 saturated carbocycles. The highest BCUT2D eigenvalue weighted by atomic mass is 35.5. The molecule has 0 heterocycles. The number of ether oxygens (including phenoxy) is 3. The van der Waals surface area contributed by atoms with Crippen molar-refractivity contribution in [2.24, 2.45) is 0 Å². The van der Waals surface area contributed by atoms with Crippen molar-refractivity contribution in [3.8, 4) is 17.2 Å². The van der Waals surface area contributed by atoms with Crippen molar-refractivity contribution in [3.63, 3.8) is 0 Å². The predicted octanol–water partition coefficient (Wildman–Crippen LogP) is 9.12. The minimum Gasteiger partial charge on any atom is -0.427 e. The Balaban J connectivity index is 0.000000302. The van der Waals surface area contributed by atoms with Gasteiger partial charge in [0.1, 0.15) is 28.2 Å². The number of para-hydroxylation sites is 1. The van der Waals surface area contributed by atoms with Gasteiger partial charge in [-0.3, -0.25) is 14.4 Å². The van der Waals surface area contributed by atoms with E-state index in [4.69, 9.17) is 34.8 Å². The average molecular weight is 697 g/mol. The molecule has 0 atom stereocenters. The van der Waals surface area contributed by atoms with E-state index in [1.807, 2.05) is 0 Å². The fourth-order valence-corrected chi connectivity index (χ4v) is 3.07. The Morgan fingerprint density at radius 2 is 1.09 bits per heavy atom. The fraction of sp³-hybridized carbons (Fsp3) is 0.100. The molecule has 4 aromatic carbocycles. The summed E-state index contributed by atoms with van der Waals surface area (Å²) in [6.07, 6.45) is 0. The number of benzene rings is 4. The standard InChI is InChI=1S/C8H5ClF2O2.C8H6ClFO2.C8H7FO2.C6H2ClF2/c1-4(12)13-8-6(11)3-2-5(10)7(8)9;1-5(11)12-8-6(9)3-2-4-7(8)10;1-6(10)11-8-4-2-7(9)3-5-8;7-5-2-1-4(8)3-6(5)9/h2-3H,1H3;2-4H,1H3;2-5H,1H3;1-2H. The molecule has 6 nitrogen and oxygen atoms in total. The Morgan fingerprint density at radius 1 is 0.578 bits per heavy atom. The largest absolute Gasteiger partial charge is 0.427 e. The fourth-order valence-electron chi connectivity index (χ4n) is 2.56. The lowest BCUT2D eigenvalue weighted by Crippen LogP contribution is -2.04. The van der Waals surface area contributed by atoms with Gasteiger partial charge in [-0.1, -0.05) is 40.9 Å². The molecule has 1 radical (unpaired) electrons. The van der Waals surface area contributed by atoms with Crippen LogP contribution in [-0.2, 0) is 14.4 Å². The number of halogens is 9. The van der Waals surface area contributed by atoms with Gasteiger partial charge < -0.3 is 14.2 Å². The average Bonchev–Trinajstić information content (AvgIpc) is 2.95. The highest BCUT2D eigenvalue weighted by Crippen LogP contribution is 2.30. The summed E-state index contributed by atoms with van der Waals surface area (Å²) < 4.78 is 88.4. The molecule has 0 amide bonds. The van der Waals surface area contributed by atoms with Crippen LogP contribution in [0.3, 0.4) is 0 Å². The minimum absolute atomic E-state index is 0.0881. The Kier molecular flexibility index (Phi) is 16.5. The van der Waals surface area contributed by atoms with Crippen LogP contribution < -0.4 is 14.2 Å². The summed E-state index contributed by atoms with van der Waals surface area (Å²) in [5, 5.41) is -0.559. The number of esters is 3. The first-order chi connectivity index (χ1) is 21.0. The van der Waals surface area contributed by atoms with Crippen LogP contribution in [0.25, 0.3) is 0 Å². The molecular formula is C30H20Cl3F6O6. The van der Waals surface area contributed by atoms with Gasteiger partial charge in [-0.15, -0.1) is 0 Å². The van der Waals surface area contributed by atoms with E-state index in [0.717, 1.165) is 31.2 Å². The highest BCUT2D eigenvalue weighted by molar-refractivity contribution is 6.32. The summed E-state index contributed by atoms with van der Waals surface area (Å²) in [7, 11) is 0. The van der Waals surface area contributed by atoms with Crippen LogP contribution in [0, 0.1) is 41.0 Å². The smallest absolute Gasteiger partial charge is 0.308 e. The number of hydrogen-bond donors (Lipinski definition) is 0. The molecule has 0 N–H and O–H groups in total. The molecule has 239 valence electrons. The van der Waals surface area contributed by atoms with Crippen molar-refractivity contribution in [1.29, 1.82) is 0 Å². The van der Waals surface area contributed by atoms with E-state index >= 15 is 0 Å². The maximum Gasteiger partial charge on any atom is 0.308 e. The highest BCUT2D eigenvalue weighted by Gasteiger charge is 2.15. The molecule has 0 aliphatic heterocycles. The van der Waals surface area contributed by atoms with Gasteiger partial charge in [0.05, 0.1) is 16.1 Å². The summed E-state index contributed by atoms with van der Waals surface area (Å²) in [5.74, 6) is -6.47. The lowest BCUT2D eigenvalue weighted by atomic mass is 10.3. The second-order valence-corrected chi connectivity index (χ2v) is 9.12. The summed E-state index contributed by atoms with van der Waals surface area (Å²) in [4.78, 5) is 31.3. The van der Waals surface area contributed by atoms with E-state index in [1.54, 1.807) is 6.07 Å². The van der Waals surface area contributed by atoms with E-state index < -0.39 is 57.8 Å². The Labute approximate surface area is 268 Å². The van der Waals surface area contributed by atoms with Gasteiger partial charge in [0.15, 0.2) is 29.0 Å². The van der Waals surface area contributed by atoms with Crippen LogP contribution in [0.5, 0.6) is 17.2 Å². The normalized spacial score (nSPS) is 9.60. The first kappa shape index (κ1) is 38.8. The van der Waals surface area contributed by atoms with Crippen LogP contribution in [-0.4, -0.2) is 17.9 Å². The second-order valence-electron chi connectivity index (χ2n) is 7.93. The van der Waals surface area contributed by atoms with E-state index in [2.05, 4.69) is 14.2 Å². The monoisotopic (exact) mass is 695 g/mol. The third-order valence-electron chi connectivity index (χ3n) is 4.30. The molecule has 45 heavy (non-hydrogen) atoms. The van der Waals surface area contributed by atoms with Gasteiger partial charge >= 0.3 is 17.9 Å². The molecule has 0 unspecified atom stereocenters. The van der Waals surface area contributed by atoms with E-state index in [0.29, 0.717) is 5.75 Å². The molecule has 0 spiro atoms. The Hall–Kier alpha value is -4.26. The van der Waals surface area contributed by atoms with Crippen molar-refractivity contribution < 1.29 is 54.9 Å². The third kappa shape index (κ3) is 14.8. The SMILES string of the molecule is CC(=O)Oc1c(F)ccc(F)c1Cl.CC(=O)Oc1c(F)cccc1Cl.CC(=O)Oc1ccc(F)cc1.Fc1[c]c(F)c(Cl)cc1. The van der Waals surface area contributed by atoms with E-state index in [-0.39, 0.29) is 21.6 Å². The molecule has 4 rings (SSSR count).